The molecule has 0 radical (unpaired) electrons. The normalized spacial score (nSPS) is 9.91. The lowest BCUT2D eigenvalue weighted by atomic mass is 10.1. The quantitative estimate of drug-likeness (QED) is 0.848. The van der Waals surface area contributed by atoms with E-state index in [1.807, 2.05) is 6.92 Å². The second kappa shape index (κ2) is 7.16. The third kappa shape index (κ3) is 3.57. The standard InChI is InChI=1S/C15H15N3O4/c1-3-22-13-9-8-12(17-18-13)14(19)16-11-7-5-4-6-10(11)15(20)21-2/h4-9H,3H2,1-2H3,(H,16,19). The van der Waals surface area contributed by atoms with Gasteiger partial charge in [-0.15, -0.1) is 10.2 Å². The average molecular weight is 301 g/mol. The van der Waals surface area contributed by atoms with Crippen molar-refractivity contribution in [1.29, 1.82) is 0 Å². The number of anilines is 1. The molecule has 22 heavy (non-hydrogen) atoms. The lowest BCUT2D eigenvalue weighted by Crippen LogP contribution is -2.17. The molecule has 0 aliphatic heterocycles. The molecule has 0 saturated heterocycles. The lowest BCUT2D eigenvalue weighted by Gasteiger charge is -2.09. The molecular formula is C15H15N3O4. The van der Waals surface area contributed by atoms with Crippen molar-refractivity contribution in [2.45, 2.75) is 6.92 Å². The fourth-order valence-corrected chi connectivity index (χ4v) is 1.73. The summed E-state index contributed by atoms with van der Waals surface area (Å²) in [5.74, 6) is -0.672. The van der Waals surface area contributed by atoms with Gasteiger partial charge in [-0.3, -0.25) is 4.79 Å². The number of amides is 1. The molecule has 1 aromatic heterocycles. The summed E-state index contributed by atoms with van der Waals surface area (Å²) in [4.78, 5) is 23.8. The molecule has 1 N–H and O–H groups in total. The van der Waals surface area contributed by atoms with Crippen LogP contribution in [0.25, 0.3) is 0 Å². The summed E-state index contributed by atoms with van der Waals surface area (Å²) < 4.78 is 9.83. The van der Waals surface area contributed by atoms with E-state index < -0.39 is 11.9 Å². The first-order valence-electron chi connectivity index (χ1n) is 6.61. The molecule has 0 bridgehead atoms. The third-order valence-corrected chi connectivity index (χ3v) is 2.75. The number of nitrogens with zero attached hydrogens (tertiary/aromatic N) is 2. The van der Waals surface area contributed by atoms with Crippen molar-refractivity contribution < 1.29 is 19.1 Å². The summed E-state index contributed by atoms with van der Waals surface area (Å²) >= 11 is 0. The van der Waals surface area contributed by atoms with E-state index in [0.29, 0.717) is 18.2 Å². The zero-order valence-electron chi connectivity index (χ0n) is 12.2. The van der Waals surface area contributed by atoms with E-state index in [1.165, 1.54) is 13.2 Å². The van der Waals surface area contributed by atoms with Crippen LogP contribution >= 0.6 is 0 Å². The SMILES string of the molecule is CCOc1ccc(C(=O)Nc2ccccc2C(=O)OC)nn1. The Labute approximate surface area is 127 Å². The van der Waals surface area contributed by atoms with Gasteiger partial charge >= 0.3 is 5.97 Å². The number of rotatable bonds is 5. The molecule has 114 valence electrons. The highest BCUT2D eigenvalue weighted by atomic mass is 16.5. The summed E-state index contributed by atoms with van der Waals surface area (Å²) in [5, 5.41) is 10.2. The molecule has 0 unspecified atom stereocenters. The van der Waals surface area contributed by atoms with Gasteiger partial charge in [0.2, 0.25) is 5.88 Å². The van der Waals surface area contributed by atoms with E-state index in [1.54, 1.807) is 30.3 Å². The van der Waals surface area contributed by atoms with Gasteiger partial charge in [0.15, 0.2) is 5.69 Å². The number of methoxy groups -OCH3 is 1. The summed E-state index contributed by atoms with van der Waals surface area (Å²) in [6.45, 7) is 2.29. The van der Waals surface area contributed by atoms with Crippen LogP contribution in [0.4, 0.5) is 5.69 Å². The molecule has 0 saturated carbocycles. The number of carbonyl (C=O) groups excluding carboxylic acids is 2. The topological polar surface area (TPSA) is 90.4 Å². The Morgan fingerprint density at radius 1 is 1.14 bits per heavy atom. The minimum Gasteiger partial charge on any atom is -0.477 e. The van der Waals surface area contributed by atoms with E-state index in [-0.39, 0.29) is 11.3 Å². The molecule has 0 fully saturated rings. The second-order valence-electron chi connectivity index (χ2n) is 4.18. The van der Waals surface area contributed by atoms with Crippen LogP contribution in [0.15, 0.2) is 36.4 Å². The molecule has 1 amide bonds. The highest BCUT2D eigenvalue weighted by Gasteiger charge is 2.15. The van der Waals surface area contributed by atoms with E-state index >= 15 is 0 Å². The zero-order valence-corrected chi connectivity index (χ0v) is 12.2. The first-order valence-corrected chi connectivity index (χ1v) is 6.61. The largest absolute Gasteiger partial charge is 0.477 e. The Kier molecular flexibility index (Phi) is 5.02. The Morgan fingerprint density at radius 3 is 2.55 bits per heavy atom. The van der Waals surface area contributed by atoms with E-state index in [2.05, 4.69) is 20.3 Å². The van der Waals surface area contributed by atoms with Crippen molar-refractivity contribution in [3.05, 3.63) is 47.7 Å². The molecule has 2 aromatic rings. The van der Waals surface area contributed by atoms with Crippen molar-refractivity contribution in [3.8, 4) is 5.88 Å². The van der Waals surface area contributed by atoms with Crippen LogP contribution in [0.3, 0.4) is 0 Å². The number of carbonyl (C=O) groups is 2. The fourth-order valence-electron chi connectivity index (χ4n) is 1.73. The van der Waals surface area contributed by atoms with Crippen LogP contribution in [0.2, 0.25) is 0 Å². The van der Waals surface area contributed by atoms with E-state index in [9.17, 15) is 9.59 Å². The number of para-hydroxylation sites is 1. The fraction of sp³-hybridized carbons (Fsp3) is 0.200. The first-order chi connectivity index (χ1) is 10.7. The lowest BCUT2D eigenvalue weighted by molar-refractivity contribution is 0.0602. The van der Waals surface area contributed by atoms with Crippen molar-refractivity contribution >= 4 is 17.6 Å². The molecule has 0 spiro atoms. The predicted octanol–water partition coefficient (Wildman–Crippen LogP) is 1.91. The molecule has 1 heterocycles. The molecule has 1 aromatic carbocycles. The van der Waals surface area contributed by atoms with Crippen LogP contribution in [-0.4, -0.2) is 35.8 Å². The molecular weight excluding hydrogens is 286 g/mol. The van der Waals surface area contributed by atoms with Crippen LogP contribution in [-0.2, 0) is 4.74 Å². The molecule has 7 nitrogen and oxygen atoms in total. The van der Waals surface area contributed by atoms with Gasteiger partial charge in [0.25, 0.3) is 5.91 Å². The minimum atomic E-state index is -0.534. The average Bonchev–Trinajstić information content (AvgIpc) is 2.55. The Balaban J connectivity index is 2.17. The smallest absolute Gasteiger partial charge is 0.339 e. The number of benzene rings is 1. The number of esters is 1. The molecule has 0 aliphatic rings. The van der Waals surface area contributed by atoms with Gasteiger partial charge in [0.05, 0.1) is 25.0 Å². The number of hydrogen-bond acceptors (Lipinski definition) is 6. The maximum absolute atomic E-state index is 12.1. The Bertz CT molecular complexity index is 671. The predicted molar refractivity (Wildman–Crippen MR) is 78.9 cm³/mol. The number of ether oxygens (including phenoxy) is 2. The second-order valence-corrected chi connectivity index (χ2v) is 4.18. The summed E-state index contributed by atoms with van der Waals surface area (Å²) in [6.07, 6.45) is 0. The van der Waals surface area contributed by atoms with Crippen molar-refractivity contribution in [2.75, 3.05) is 19.0 Å². The van der Waals surface area contributed by atoms with Gasteiger partial charge in [-0.2, -0.15) is 0 Å². The number of hydrogen-bond donors (Lipinski definition) is 1. The van der Waals surface area contributed by atoms with Gasteiger partial charge in [-0.25, -0.2) is 4.79 Å². The highest BCUT2D eigenvalue weighted by Crippen LogP contribution is 2.17. The monoisotopic (exact) mass is 301 g/mol. The van der Waals surface area contributed by atoms with Gasteiger partial charge in [0, 0.05) is 6.07 Å². The molecule has 0 aliphatic carbocycles. The van der Waals surface area contributed by atoms with Crippen molar-refractivity contribution in [1.82, 2.24) is 10.2 Å². The van der Waals surface area contributed by atoms with Gasteiger partial charge in [-0.1, -0.05) is 12.1 Å². The summed E-state index contributed by atoms with van der Waals surface area (Å²) in [6, 6.07) is 9.59. The molecule has 2 rings (SSSR count). The van der Waals surface area contributed by atoms with Crippen LogP contribution in [0, 0.1) is 0 Å². The summed E-state index contributed by atoms with van der Waals surface area (Å²) in [5.41, 5.74) is 0.718. The van der Waals surface area contributed by atoms with E-state index in [0.717, 1.165) is 0 Å². The zero-order chi connectivity index (χ0) is 15.9. The van der Waals surface area contributed by atoms with E-state index in [4.69, 9.17) is 4.74 Å². The number of aromatic nitrogens is 2. The maximum atomic E-state index is 12.1. The van der Waals surface area contributed by atoms with Crippen LogP contribution in [0.5, 0.6) is 5.88 Å². The van der Waals surface area contributed by atoms with Gasteiger partial charge in [0.1, 0.15) is 0 Å². The Morgan fingerprint density at radius 2 is 1.91 bits per heavy atom. The van der Waals surface area contributed by atoms with Crippen LogP contribution < -0.4 is 10.1 Å². The molecule has 7 heteroatoms. The van der Waals surface area contributed by atoms with Crippen molar-refractivity contribution in [2.24, 2.45) is 0 Å². The summed E-state index contributed by atoms with van der Waals surface area (Å²) in [7, 11) is 1.28. The maximum Gasteiger partial charge on any atom is 0.339 e. The van der Waals surface area contributed by atoms with Gasteiger partial charge in [-0.05, 0) is 25.1 Å². The number of nitrogens with one attached hydrogen (secondary N) is 1. The minimum absolute atomic E-state index is 0.114. The first kappa shape index (κ1) is 15.4. The van der Waals surface area contributed by atoms with Gasteiger partial charge < -0.3 is 14.8 Å². The third-order valence-electron chi connectivity index (χ3n) is 2.75. The molecule has 0 atom stereocenters. The highest BCUT2D eigenvalue weighted by molar-refractivity contribution is 6.06. The van der Waals surface area contributed by atoms with Crippen molar-refractivity contribution in [3.63, 3.8) is 0 Å². The van der Waals surface area contributed by atoms with Crippen LogP contribution in [0.1, 0.15) is 27.8 Å². The Hall–Kier alpha value is -2.96.